The molecule has 5 aliphatic rings. The maximum absolute atomic E-state index is 14.8. The summed E-state index contributed by atoms with van der Waals surface area (Å²) in [4.78, 5) is 15.2. The first-order valence-corrected chi connectivity index (χ1v) is 15.0. The molecule has 1 aliphatic heterocycles. The second-order valence-electron chi connectivity index (χ2n) is 13.1. The van der Waals surface area contributed by atoms with Crippen molar-refractivity contribution in [3.8, 4) is 0 Å². The van der Waals surface area contributed by atoms with E-state index >= 15 is 0 Å². The number of allylic oxidation sites excluding steroid dienone is 4. The Labute approximate surface area is 238 Å². The Hall–Kier alpha value is -2.10. The zero-order valence-electron chi connectivity index (χ0n) is 23.5. The first-order valence-electron chi connectivity index (χ1n) is 15.0. The molecule has 9 heteroatoms. The maximum atomic E-state index is 14.8. The van der Waals surface area contributed by atoms with Crippen molar-refractivity contribution < 1.29 is 31.9 Å². The lowest BCUT2D eigenvalue weighted by atomic mass is 9.53. The average Bonchev–Trinajstić information content (AvgIpc) is 3.05. The highest BCUT2D eigenvalue weighted by Gasteiger charge is 2.78. The van der Waals surface area contributed by atoms with Crippen molar-refractivity contribution in [2.24, 2.45) is 17.3 Å². The van der Waals surface area contributed by atoms with Crippen LogP contribution in [0.25, 0.3) is 0 Å². The normalized spacial score (nSPS) is 35.0. The predicted octanol–water partition coefficient (Wildman–Crippen LogP) is 6.31. The van der Waals surface area contributed by atoms with E-state index < -0.39 is 35.5 Å². The lowest BCUT2D eigenvalue weighted by Gasteiger charge is -2.53. The summed E-state index contributed by atoms with van der Waals surface area (Å²) < 4.78 is 70.1. The summed E-state index contributed by atoms with van der Waals surface area (Å²) in [5.41, 5.74) is 0.736. The van der Waals surface area contributed by atoms with Gasteiger partial charge in [0.1, 0.15) is 5.60 Å². The fraction of sp³-hybridized carbons (Fsp3) is 0.656. The first-order chi connectivity index (χ1) is 19.4. The van der Waals surface area contributed by atoms with Crippen LogP contribution in [0.1, 0.15) is 75.3 Å². The van der Waals surface area contributed by atoms with Crippen molar-refractivity contribution in [2.75, 3.05) is 26.2 Å². The zero-order valence-corrected chi connectivity index (χ0v) is 23.5. The van der Waals surface area contributed by atoms with Gasteiger partial charge in [0.25, 0.3) is 0 Å². The monoisotopic (exact) mass is 578 g/mol. The number of benzene rings is 1. The van der Waals surface area contributed by atoms with Gasteiger partial charge in [-0.05, 0) is 98.2 Å². The van der Waals surface area contributed by atoms with Crippen LogP contribution in [0.2, 0.25) is 0 Å². The number of nitrogens with zero attached hydrogens (tertiary/aromatic N) is 1. The van der Waals surface area contributed by atoms with E-state index in [9.17, 15) is 31.9 Å². The third-order valence-corrected chi connectivity index (χ3v) is 11.0. The molecule has 4 aliphatic carbocycles. The molecular formula is C32H39F5N2O2. The van der Waals surface area contributed by atoms with Crippen molar-refractivity contribution >= 4 is 5.78 Å². The number of halogens is 5. The van der Waals surface area contributed by atoms with Crippen LogP contribution in [0.4, 0.5) is 22.0 Å². The molecular weight excluding hydrogens is 539 g/mol. The van der Waals surface area contributed by atoms with Crippen molar-refractivity contribution in [1.29, 1.82) is 0 Å². The van der Waals surface area contributed by atoms with E-state index in [4.69, 9.17) is 0 Å². The van der Waals surface area contributed by atoms with Crippen LogP contribution in [0, 0.1) is 17.3 Å². The number of fused-ring (bicyclic) bond motifs is 4. The van der Waals surface area contributed by atoms with Gasteiger partial charge in [0.15, 0.2) is 5.78 Å². The molecule has 2 N–H and O–H groups in total. The molecule has 41 heavy (non-hydrogen) atoms. The Balaban J connectivity index is 1.31. The third-order valence-electron chi connectivity index (χ3n) is 11.0. The lowest BCUT2D eigenvalue weighted by Crippen LogP contribution is -2.64. The first kappa shape index (κ1) is 29.0. The molecule has 0 bridgehead atoms. The van der Waals surface area contributed by atoms with Crippen LogP contribution in [-0.4, -0.2) is 59.7 Å². The highest BCUT2D eigenvalue weighted by atomic mass is 19.4. The second-order valence-corrected chi connectivity index (χ2v) is 13.1. The summed E-state index contributed by atoms with van der Waals surface area (Å²) in [5, 5.41) is 14.5. The van der Waals surface area contributed by atoms with E-state index in [-0.39, 0.29) is 30.5 Å². The molecule has 0 radical (unpaired) electrons. The Morgan fingerprint density at radius 3 is 2.51 bits per heavy atom. The Morgan fingerprint density at radius 1 is 1.02 bits per heavy atom. The molecule has 5 atom stereocenters. The zero-order chi connectivity index (χ0) is 29.2. The van der Waals surface area contributed by atoms with Crippen LogP contribution in [0.3, 0.4) is 0 Å². The summed E-state index contributed by atoms with van der Waals surface area (Å²) in [6, 6.07) is 8.43. The quantitative estimate of drug-likeness (QED) is 0.412. The van der Waals surface area contributed by atoms with Crippen molar-refractivity contribution in [1.82, 2.24) is 10.2 Å². The number of nitrogens with one attached hydrogen (secondary N) is 1. The molecule has 1 aromatic rings. The van der Waals surface area contributed by atoms with Gasteiger partial charge >= 0.3 is 12.1 Å². The molecule has 2 unspecified atom stereocenters. The number of alkyl halides is 5. The summed E-state index contributed by atoms with van der Waals surface area (Å²) >= 11 is 0. The van der Waals surface area contributed by atoms with Gasteiger partial charge in [0.2, 0.25) is 0 Å². The van der Waals surface area contributed by atoms with E-state index in [0.29, 0.717) is 25.7 Å². The molecule has 1 saturated heterocycles. The van der Waals surface area contributed by atoms with E-state index in [0.717, 1.165) is 61.4 Å². The minimum absolute atomic E-state index is 0.0622. The van der Waals surface area contributed by atoms with Gasteiger partial charge in [-0.15, -0.1) is 0 Å². The number of hydrogen-bond acceptors (Lipinski definition) is 4. The molecule has 1 aromatic carbocycles. The molecule has 4 nitrogen and oxygen atoms in total. The number of rotatable bonds is 4. The Bertz CT molecular complexity index is 1250. The minimum atomic E-state index is -5.81. The van der Waals surface area contributed by atoms with Crippen molar-refractivity contribution in [2.45, 2.75) is 88.5 Å². The molecule has 0 spiro atoms. The Morgan fingerprint density at radius 2 is 1.78 bits per heavy atom. The minimum Gasteiger partial charge on any atom is -0.383 e. The molecule has 224 valence electrons. The van der Waals surface area contributed by atoms with Gasteiger partial charge in [0, 0.05) is 37.4 Å². The van der Waals surface area contributed by atoms with Crippen molar-refractivity contribution in [3.05, 3.63) is 58.2 Å². The van der Waals surface area contributed by atoms with Gasteiger partial charge in [0.05, 0.1) is 0 Å². The molecule has 2 saturated carbocycles. The van der Waals surface area contributed by atoms with E-state index in [2.05, 4.69) is 34.5 Å². The fourth-order valence-electron chi connectivity index (χ4n) is 8.86. The fourth-order valence-corrected chi connectivity index (χ4v) is 8.86. The van der Waals surface area contributed by atoms with Crippen LogP contribution < -0.4 is 5.32 Å². The summed E-state index contributed by atoms with van der Waals surface area (Å²) in [5.74, 6) is -5.92. The smallest absolute Gasteiger partial charge is 0.383 e. The van der Waals surface area contributed by atoms with Crippen LogP contribution in [-0.2, 0) is 11.3 Å². The van der Waals surface area contributed by atoms with E-state index in [1.165, 1.54) is 12.5 Å². The summed E-state index contributed by atoms with van der Waals surface area (Å²) in [7, 11) is 0. The predicted molar refractivity (Wildman–Crippen MR) is 145 cm³/mol. The number of carbonyl (C=O) groups excluding carboxylic acids is 1. The highest BCUT2D eigenvalue weighted by molar-refractivity contribution is 5.94. The Kier molecular flexibility index (Phi) is 7.26. The maximum Gasteiger partial charge on any atom is 0.456 e. The molecule has 6 rings (SSSR count). The van der Waals surface area contributed by atoms with Crippen molar-refractivity contribution in [3.63, 3.8) is 0 Å². The molecule has 0 amide bonds. The summed E-state index contributed by atoms with van der Waals surface area (Å²) in [6.07, 6.45) is -1.50. The van der Waals surface area contributed by atoms with Gasteiger partial charge in [-0.2, -0.15) is 22.0 Å². The molecule has 1 heterocycles. The van der Waals surface area contributed by atoms with Crippen LogP contribution in [0.15, 0.2) is 47.1 Å². The van der Waals surface area contributed by atoms with Gasteiger partial charge < -0.3 is 10.4 Å². The molecule has 0 aromatic heterocycles. The van der Waals surface area contributed by atoms with E-state index in [1.54, 1.807) is 6.08 Å². The number of carbonyl (C=O) groups is 1. The SMILES string of the molecule is C[C@]12CCC3=C4C(=CC(=O)CC4c4ccc(CN5CCCNCC5)cc4)CC[C@H]3[C@@H]1CCC2(O)C(F)(F)C(F)(F)F. The van der Waals surface area contributed by atoms with Gasteiger partial charge in [-0.3, -0.25) is 9.69 Å². The summed E-state index contributed by atoms with van der Waals surface area (Å²) in [6.45, 7) is 6.34. The lowest BCUT2D eigenvalue weighted by molar-refractivity contribution is -0.362. The molecule has 3 fully saturated rings. The number of ketones is 1. The van der Waals surface area contributed by atoms with Crippen LogP contribution in [0.5, 0.6) is 0 Å². The standard InChI is InChI=1S/C32H39F5N2O2/c1-29-11-9-25-24(27(29)10-12-30(29,41)31(33,34)32(35,36)37)8-7-22-17-23(40)18-26(28(22)25)21-5-3-20(4-6-21)19-39-15-2-13-38-14-16-39/h3-6,17,24,26-27,38,41H,2,7-16,18-19H2,1H3/t24-,26?,27+,29+,30?/m1/s1. The highest BCUT2D eigenvalue weighted by Crippen LogP contribution is 2.68. The second kappa shape index (κ2) is 10.3. The number of aliphatic hydroxyl groups is 1. The van der Waals surface area contributed by atoms with Gasteiger partial charge in [-0.1, -0.05) is 36.8 Å². The van der Waals surface area contributed by atoms with Gasteiger partial charge in [-0.25, -0.2) is 0 Å². The third kappa shape index (κ3) is 4.61. The number of hydrogen-bond donors (Lipinski definition) is 2. The largest absolute Gasteiger partial charge is 0.456 e. The van der Waals surface area contributed by atoms with Crippen LogP contribution >= 0.6 is 0 Å². The topological polar surface area (TPSA) is 52.6 Å². The average molecular weight is 579 g/mol. The van der Waals surface area contributed by atoms with E-state index in [1.807, 2.05) is 0 Å².